The SMILES string of the molecule is [2H]c1c([2H])c(N(c2cc(N(c3c(-c4cccc(-c5ccccc5)c4)cc(C(C)(C)C)cc3-c3cccc(-c4ccccc4)c3)c3c([2H])c([2H])c([2H])c(-n4c5c([2H])c([2H])c([2H])c([2H])c5c5c([2H])c(-c6ccccc6)c([2H])c([2H])c54)c3[2H])cc(C(C)(C)C)c2)c2c(-c3ccccc3)cc(C(C)(C)C)cc2-c2ccccc2)c([2H])c(-n2c3c([2H])c([2H])c([2H])c([2H])c3c3c([2H])c(-c4ccccc4)c([2H])c([2H])c32)c1[2H]. The molecular formula is C114H94N4. The summed E-state index contributed by atoms with van der Waals surface area (Å²) in [5.74, 6) is 0. The lowest BCUT2D eigenvalue weighted by Crippen LogP contribution is -2.20. The van der Waals surface area contributed by atoms with Gasteiger partial charge in [-0.05, 0) is 227 Å². The number of nitrogens with zero attached hydrogens (tertiary/aromatic N) is 4. The maximum absolute atomic E-state index is 11.8. The van der Waals surface area contributed by atoms with Gasteiger partial charge in [0, 0.05) is 77.9 Å². The lowest BCUT2D eigenvalue weighted by molar-refractivity contribution is 0.590. The predicted molar refractivity (Wildman–Crippen MR) is 504 cm³/mol. The fraction of sp³-hybridized carbons (Fsp3) is 0.105. The van der Waals surface area contributed by atoms with E-state index in [0.717, 1.165) is 42.5 Å². The van der Waals surface area contributed by atoms with Crippen molar-refractivity contribution in [1.82, 2.24) is 9.13 Å². The minimum atomic E-state index is -1.05. The van der Waals surface area contributed by atoms with E-state index >= 15 is 0 Å². The Kier molecular flexibility index (Phi) is 13.6. The maximum Gasteiger partial charge on any atom is 0.0667 e. The van der Waals surface area contributed by atoms with Crippen LogP contribution >= 0.6 is 0 Å². The first-order valence-corrected chi connectivity index (χ1v) is 39.6. The van der Waals surface area contributed by atoms with Crippen LogP contribution in [0, 0.1) is 0 Å². The third kappa shape index (κ3) is 14.0. The summed E-state index contributed by atoms with van der Waals surface area (Å²) in [7, 11) is 0. The zero-order valence-corrected chi connectivity index (χ0v) is 66.8. The summed E-state index contributed by atoms with van der Waals surface area (Å²) in [6, 6.07) is 69.9. The Labute approximate surface area is 725 Å². The largest absolute Gasteiger partial charge is 0.309 e. The molecule has 0 atom stereocenters. The van der Waals surface area contributed by atoms with Crippen molar-refractivity contribution < 1.29 is 30.2 Å². The number of rotatable bonds is 16. The Morgan fingerprint density at radius 2 is 0.517 bits per heavy atom. The molecule has 0 radical (unpaired) electrons. The first kappa shape index (κ1) is 53.2. The molecule has 0 aliphatic rings. The lowest BCUT2D eigenvalue weighted by Gasteiger charge is -2.36. The number of hydrogen-bond acceptors (Lipinski definition) is 2. The Morgan fingerprint density at radius 3 is 0.873 bits per heavy atom. The number of aromatic nitrogens is 2. The summed E-state index contributed by atoms with van der Waals surface area (Å²) in [4.78, 5) is 3.35. The molecule has 118 heavy (non-hydrogen) atoms. The third-order valence-corrected chi connectivity index (χ3v) is 21.9. The highest BCUT2D eigenvalue weighted by molar-refractivity contribution is 6.13. The molecule has 2 heterocycles. The van der Waals surface area contributed by atoms with E-state index < -0.39 is 183 Å². The van der Waals surface area contributed by atoms with Crippen LogP contribution in [0.1, 0.15) is 109 Å². The summed E-state index contributed by atoms with van der Waals surface area (Å²) >= 11 is 0. The van der Waals surface area contributed by atoms with E-state index in [0.29, 0.717) is 61.2 Å². The summed E-state index contributed by atoms with van der Waals surface area (Å²) in [5.41, 5.74) is 4.85. The predicted octanol–water partition coefficient (Wildman–Crippen LogP) is 32.0. The van der Waals surface area contributed by atoms with Gasteiger partial charge in [0.25, 0.3) is 0 Å². The molecule has 4 heteroatoms. The highest BCUT2D eigenvalue weighted by atomic mass is 15.2. The average Bonchev–Trinajstić information content (AvgIpc) is 1.52. The van der Waals surface area contributed by atoms with Crippen molar-refractivity contribution in [2.24, 2.45) is 0 Å². The van der Waals surface area contributed by atoms with Gasteiger partial charge in [0.1, 0.15) is 0 Å². The van der Waals surface area contributed by atoms with Crippen LogP contribution in [0.5, 0.6) is 0 Å². The van der Waals surface area contributed by atoms with Crippen molar-refractivity contribution in [3.05, 3.63) is 423 Å². The van der Waals surface area contributed by atoms with Crippen LogP contribution in [-0.2, 0) is 16.2 Å². The lowest BCUT2D eigenvalue weighted by atomic mass is 9.81. The van der Waals surface area contributed by atoms with E-state index in [4.69, 9.17) is 0 Å². The normalized spacial score (nSPS) is 14.6. The molecule has 570 valence electrons. The first-order valence-electron chi connectivity index (χ1n) is 50.6. The van der Waals surface area contributed by atoms with E-state index in [1.54, 1.807) is 76.5 Å². The van der Waals surface area contributed by atoms with Crippen LogP contribution in [0.4, 0.5) is 34.1 Å². The van der Waals surface area contributed by atoms with Gasteiger partial charge in [0.15, 0.2) is 0 Å². The van der Waals surface area contributed by atoms with Gasteiger partial charge in [-0.25, -0.2) is 0 Å². The van der Waals surface area contributed by atoms with Crippen LogP contribution in [0.15, 0.2) is 406 Å². The second-order valence-electron chi connectivity index (χ2n) is 32.8. The molecule has 0 N–H and O–H groups in total. The molecule has 19 aromatic rings. The van der Waals surface area contributed by atoms with Crippen LogP contribution in [-0.4, -0.2) is 9.13 Å². The van der Waals surface area contributed by atoms with Crippen LogP contribution in [0.2, 0.25) is 0 Å². The second kappa shape index (κ2) is 30.3. The van der Waals surface area contributed by atoms with E-state index in [1.165, 1.54) is 0 Å². The van der Waals surface area contributed by atoms with Crippen LogP contribution in [0.3, 0.4) is 0 Å². The summed E-state index contributed by atoms with van der Waals surface area (Å²) in [6.45, 7) is 18.4. The van der Waals surface area contributed by atoms with Crippen molar-refractivity contribution >= 4 is 77.7 Å². The van der Waals surface area contributed by atoms with Crippen molar-refractivity contribution in [3.63, 3.8) is 0 Å². The van der Waals surface area contributed by atoms with Gasteiger partial charge in [0.05, 0.1) is 63.6 Å². The number of hydrogen-bond donors (Lipinski definition) is 0. The highest BCUT2D eigenvalue weighted by Gasteiger charge is 2.33. The topological polar surface area (TPSA) is 16.3 Å². The Bertz CT molecular complexity index is 8190. The Hall–Kier alpha value is -14.1. The van der Waals surface area contributed by atoms with Crippen molar-refractivity contribution in [2.75, 3.05) is 9.80 Å². The Balaban J connectivity index is 1.05. The van der Waals surface area contributed by atoms with E-state index in [9.17, 15) is 30.2 Å². The molecule has 0 spiro atoms. The molecule has 0 aliphatic heterocycles. The quantitative estimate of drug-likeness (QED) is 0.0959. The molecular weight excluding hydrogens is 1430 g/mol. The van der Waals surface area contributed by atoms with Crippen LogP contribution < -0.4 is 9.80 Å². The van der Waals surface area contributed by atoms with E-state index in [1.807, 2.05) is 215 Å². The molecule has 0 aliphatic carbocycles. The zero-order chi connectivity index (χ0) is 99.5. The van der Waals surface area contributed by atoms with E-state index in [-0.39, 0.29) is 66.5 Å². The molecule has 0 unspecified atom stereocenters. The third-order valence-electron chi connectivity index (χ3n) is 21.9. The molecule has 17 aromatic carbocycles. The van der Waals surface area contributed by atoms with Crippen LogP contribution in [0.25, 0.3) is 144 Å². The average molecular weight is 1540 g/mol. The van der Waals surface area contributed by atoms with E-state index in [2.05, 4.69) is 53.7 Å². The number of para-hydroxylation sites is 2. The van der Waals surface area contributed by atoms with Crippen molar-refractivity contribution in [2.45, 2.75) is 78.6 Å². The molecule has 0 saturated heterocycles. The summed E-state index contributed by atoms with van der Waals surface area (Å²) in [5, 5.41) is -1.02. The molecule has 0 saturated carbocycles. The minimum Gasteiger partial charge on any atom is -0.309 e. The summed E-state index contributed by atoms with van der Waals surface area (Å²) in [6.07, 6.45) is 0. The second-order valence-corrected chi connectivity index (χ2v) is 32.8. The molecule has 0 bridgehead atoms. The van der Waals surface area contributed by atoms with Gasteiger partial charge in [0.2, 0.25) is 0 Å². The molecule has 0 fully saturated rings. The Morgan fingerprint density at radius 1 is 0.220 bits per heavy atom. The van der Waals surface area contributed by atoms with Crippen molar-refractivity contribution in [1.29, 1.82) is 0 Å². The smallest absolute Gasteiger partial charge is 0.0667 e. The molecule has 19 rings (SSSR count). The van der Waals surface area contributed by atoms with Gasteiger partial charge in [-0.1, -0.05) is 341 Å². The molecule has 2 aromatic heterocycles. The number of benzene rings is 17. The monoisotopic (exact) mass is 1540 g/mol. The van der Waals surface area contributed by atoms with Gasteiger partial charge in [-0.2, -0.15) is 0 Å². The fourth-order valence-electron chi connectivity index (χ4n) is 15.8. The highest BCUT2D eigenvalue weighted by Crippen LogP contribution is 2.55. The zero-order valence-electron chi connectivity index (χ0n) is 88.8. The maximum atomic E-state index is 11.8. The fourth-order valence-corrected chi connectivity index (χ4v) is 15.8. The van der Waals surface area contributed by atoms with Gasteiger partial charge in [-0.3, -0.25) is 0 Å². The number of fused-ring (bicyclic) bond motifs is 6. The van der Waals surface area contributed by atoms with Gasteiger partial charge in [-0.15, -0.1) is 0 Å². The van der Waals surface area contributed by atoms with Gasteiger partial charge >= 0.3 is 0 Å². The number of anilines is 6. The van der Waals surface area contributed by atoms with Crippen molar-refractivity contribution in [3.8, 4) is 100 Å². The molecule has 0 amide bonds. The standard InChI is InChI=1S/C114H94N4/c1-112(2,3)89-68-96(115(110-100(81-44-24-14-25-45-81)70-90(113(4,5)6)71-101(110)82-46-26-15-27-47-82)92-52-34-54-94(74-92)117-106-58-30-28-56-98(106)104-66-85(60-62-108(104)117)79-40-20-12-21-41-79)76-97(69-89)116(93-53-35-55-95(75-93)118-107-59-31-29-57-99(107)105-67-86(61-63-109(105)118)80-42-22-13-23-43-80)111-102(87-50-32-48-83(64-87)77-36-16-10-17-37-77)72-91(114(7,8)9)73-103(111)88-51-33-49-84(65-88)78-38-18-11-19-39-78/h10-76H,1-9H3/i28D,29D,30D,31D,34D,35D,52D,53D,54D,55D,56D,57D,58D,59D,60D,61D,62D,63D,66D,67D,74D,75D. The minimum absolute atomic E-state index is 0.0511. The summed E-state index contributed by atoms with van der Waals surface area (Å²) < 4.78 is 229. The first-order chi connectivity index (χ1) is 66.6. The molecule has 4 nitrogen and oxygen atoms in total. The van der Waals surface area contributed by atoms with Gasteiger partial charge < -0.3 is 18.9 Å².